The molecule has 1 fully saturated rings. The van der Waals surface area contributed by atoms with Gasteiger partial charge in [0.15, 0.2) is 11.6 Å². The molecule has 176 valence electrons. The smallest absolute Gasteiger partial charge is 0.254 e. The molecule has 1 saturated heterocycles. The van der Waals surface area contributed by atoms with Crippen LogP contribution >= 0.6 is 11.3 Å². The second kappa shape index (κ2) is 10.6. The molecule has 2 heterocycles. The summed E-state index contributed by atoms with van der Waals surface area (Å²) in [6, 6.07) is 10.5. The average molecular weight is 484 g/mol. The lowest BCUT2D eigenvalue weighted by atomic mass is 10.1. The molecule has 0 unspecified atom stereocenters. The molecular weight excluding hydrogens is 460 g/mol. The normalized spacial score (nSPS) is 14.0. The maximum Gasteiger partial charge on any atom is 0.254 e. The number of halogens is 2. The third-order valence-corrected chi connectivity index (χ3v) is 6.20. The fraction of sp³-hybridized carbons (Fsp3) is 0.240. The van der Waals surface area contributed by atoms with Crippen molar-refractivity contribution >= 4 is 29.2 Å². The number of aryl methyl sites for hydroxylation is 1. The number of thiazole rings is 1. The van der Waals surface area contributed by atoms with Crippen molar-refractivity contribution in [2.75, 3.05) is 26.2 Å². The minimum atomic E-state index is -1.06. The van der Waals surface area contributed by atoms with Crippen LogP contribution in [0.15, 0.2) is 53.9 Å². The molecule has 0 atom stereocenters. The number of piperazine rings is 1. The van der Waals surface area contributed by atoms with Gasteiger partial charge in [0.1, 0.15) is 12.4 Å². The third-order valence-electron chi connectivity index (χ3n) is 5.37. The molecule has 1 aliphatic heterocycles. The van der Waals surface area contributed by atoms with Gasteiger partial charge in [-0.1, -0.05) is 12.1 Å². The number of amides is 2. The number of hydrogen-bond donors (Lipinski definition) is 0. The molecule has 0 N–H and O–H groups in total. The van der Waals surface area contributed by atoms with Crippen molar-refractivity contribution in [3.8, 4) is 5.75 Å². The topological polar surface area (TPSA) is 62.7 Å². The minimum absolute atomic E-state index is 0.0885. The van der Waals surface area contributed by atoms with E-state index in [1.165, 1.54) is 17.0 Å². The van der Waals surface area contributed by atoms with Gasteiger partial charge in [0.2, 0.25) is 5.91 Å². The average Bonchev–Trinajstić information content (AvgIpc) is 3.28. The number of benzene rings is 2. The molecule has 4 rings (SSSR count). The van der Waals surface area contributed by atoms with Gasteiger partial charge >= 0.3 is 0 Å². The second-order valence-electron chi connectivity index (χ2n) is 7.80. The lowest BCUT2D eigenvalue weighted by molar-refractivity contribution is -0.127. The summed E-state index contributed by atoms with van der Waals surface area (Å²) in [7, 11) is 0. The largest absolute Gasteiger partial charge is 0.487 e. The molecule has 9 heteroatoms. The third kappa shape index (κ3) is 5.85. The van der Waals surface area contributed by atoms with Crippen molar-refractivity contribution < 1.29 is 23.1 Å². The van der Waals surface area contributed by atoms with Crippen molar-refractivity contribution in [3.05, 3.63) is 87.4 Å². The summed E-state index contributed by atoms with van der Waals surface area (Å²) in [6.45, 7) is 3.67. The Hall–Kier alpha value is -3.59. The van der Waals surface area contributed by atoms with Gasteiger partial charge in [-0.3, -0.25) is 9.59 Å². The quantitative estimate of drug-likeness (QED) is 0.491. The van der Waals surface area contributed by atoms with E-state index in [-0.39, 0.29) is 17.4 Å². The van der Waals surface area contributed by atoms with E-state index in [9.17, 15) is 18.4 Å². The van der Waals surface area contributed by atoms with Gasteiger partial charge in [0.25, 0.3) is 5.91 Å². The second-order valence-corrected chi connectivity index (χ2v) is 8.86. The molecule has 0 aliphatic carbocycles. The van der Waals surface area contributed by atoms with E-state index in [4.69, 9.17) is 4.74 Å². The Morgan fingerprint density at radius 3 is 2.53 bits per heavy atom. The highest BCUT2D eigenvalue weighted by molar-refractivity contribution is 7.09. The fourth-order valence-electron chi connectivity index (χ4n) is 3.55. The van der Waals surface area contributed by atoms with Crippen LogP contribution in [0.4, 0.5) is 8.78 Å². The molecule has 3 aromatic rings. The van der Waals surface area contributed by atoms with Gasteiger partial charge in [-0.2, -0.15) is 0 Å². The van der Waals surface area contributed by atoms with E-state index in [1.54, 1.807) is 22.3 Å². The van der Waals surface area contributed by atoms with Gasteiger partial charge in [0.05, 0.1) is 10.7 Å². The summed E-state index contributed by atoms with van der Waals surface area (Å²) >= 11 is 1.57. The molecule has 0 radical (unpaired) electrons. The van der Waals surface area contributed by atoms with Crippen LogP contribution < -0.4 is 4.74 Å². The van der Waals surface area contributed by atoms with E-state index in [0.29, 0.717) is 38.5 Å². The number of aromatic nitrogens is 1. The first-order chi connectivity index (χ1) is 16.4. The Kier molecular flexibility index (Phi) is 7.32. The Morgan fingerprint density at radius 2 is 1.82 bits per heavy atom. The van der Waals surface area contributed by atoms with Crippen LogP contribution in [-0.4, -0.2) is 52.8 Å². The zero-order valence-electron chi connectivity index (χ0n) is 18.5. The number of carbonyl (C=O) groups is 2. The van der Waals surface area contributed by atoms with Crippen molar-refractivity contribution in [2.24, 2.45) is 0 Å². The van der Waals surface area contributed by atoms with Gasteiger partial charge in [-0.15, -0.1) is 11.3 Å². The first kappa shape index (κ1) is 23.6. The Balaban J connectivity index is 1.29. The maximum absolute atomic E-state index is 13.4. The van der Waals surface area contributed by atoms with Crippen molar-refractivity contribution in [2.45, 2.75) is 13.5 Å². The first-order valence-electron chi connectivity index (χ1n) is 10.7. The number of hydrogen-bond acceptors (Lipinski definition) is 5. The highest BCUT2D eigenvalue weighted by Crippen LogP contribution is 2.18. The fourth-order valence-corrected chi connectivity index (χ4v) is 4.15. The van der Waals surface area contributed by atoms with Gasteiger partial charge in [-0.05, 0) is 48.9 Å². The molecule has 1 aromatic heterocycles. The van der Waals surface area contributed by atoms with Crippen LogP contribution in [0.5, 0.6) is 5.75 Å². The van der Waals surface area contributed by atoms with Gasteiger partial charge < -0.3 is 14.5 Å². The molecule has 2 aromatic carbocycles. The summed E-state index contributed by atoms with van der Waals surface area (Å²) in [5.74, 6) is -1.91. The van der Waals surface area contributed by atoms with E-state index in [2.05, 4.69) is 4.98 Å². The van der Waals surface area contributed by atoms with Crippen molar-refractivity contribution in [1.29, 1.82) is 0 Å². The Labute approximate surface area is 200 Å². The van der Waals surface area contributed by atoms with E-state index < -0.39 is 11.6 Å². The molecule has 6 nitrogen and oxygen atoms in total. The molecule has 0 saturated carbocycles. The Bertz CT molecular complexity index is 1220. The highest BCUT2D eigenvalue weighted by atomic mass is 32.1. The number of nitrogens with zero attached hydrogens (tertiary/aromatic N) is 3. The van der Waals surface area contributed by atoms with Crippen LogP contribution in [0.3, 0.4) is 0 Å². The van der Waals surface area contributed by atoms with Gasteiger partial charge in [-0.25, -0.2) is 13.8 Å². The Morgan fingerprint density at radius 1 is 1.06 bits per heavy atom. The molecule has 1 aliphatic rings. The van der Waals surface area contributed by atoms with Crippen LogP contribution in [0.25, 0.3) is 6.08 Å². The summed E-state index contributed by atoms with van der Waals surface area (Å²) < 4.78 is 32.3. The molecule has 0 spiro atoms. The number of ether oxygens (including phenoxy) is 1. The molecule has 2 amide bonds. The van der Waals surface area contributed by atoms with E-state index in [0.717, 1.165) is 28.4 Å². The SMILES string of the molecule is Cc1nc(COc2cccc(/C=C/C(=O)N3CCN(C(=O)c4ccc(F)c(F)c4)CC3)c2)cs1. The number of carbonyl (C=O) groups excluding carboxylic acids is 2. The predicted octanol–water partition coefficient (Wildman–Crippen LogP) is 4.31. The van der Waals surface area contributed by atoms with Crippen LogP contribution in [-0.2, 0) is 11.4 Å². The lowest BCUT2D eigenvalue weighted by Gasteiger charge is -2.34. The van der Waals surface area contributed by atoms with E-state index >= 15 is 0 Å². The van der Waals surface area contributed by atoms with E-state index in [1.807, 2.05) is 36.6 Å². The summed E-state index contributed by atoms with van der Waals surface area (Å²) in [4.78, 5) is 32.7. The lowest BCUT2D eigenvalue weighted by Crippen LogP contribution is -2.50. The van der Waals surface area contributed by atoms with Crippen LogP contribution in [0.1, 0.15) is 26.6 Å². The first-order valence-corrected chi connectivity index (χ1v) is 11.6. The molecular formula is C25H23F2N3O3S. The zero-order chi connectivity index (χ0) is 24.1. The van der Waals surface area contributed by atoms with Crippen LogP contribution in [0, 0.1) is 18.6 Å². The summed E-state index contributed by atoms with van der Waals surface area (Å²) in [5, 5.41) is 2.95. The maximum atomic E-state index is 13.4. The van der Waals surface area contributed by atoms with Gasteiger partial charge in [0, 0.05) is 43.2 Å². The minimum Gasteiger partial charge on any atom is -0.487 e. The number of rotatable bonds is 6. The van der Waals surface area contributed by atoms with Crippen molar-refractivity contribution in [3.63, 3.8) is 0 Å². The summed E-state index contributed by atoms with van der Waals surface area (Å²) in [6.07, 6.45) is 3.22. The standard InChI is InChI=1S/C25H23F2N3O3S/c1-17-28-20(16-34-17)15-33-21-4-2-3-18(13-21)5-8-24(31)29-9-11-30(12-10-29)25(32)19-6-7-22(26)23(27)14-19/h2-8,13-14,16H,9-12,15H2,1H3/b8-5+. The van der Waals surface area contributed by atoms with Crippen molar-refractivity contribution in [1.82, 2.24) is 14.8 Å². The summed E-state index contributed by atoms with van der Waals surface area (Å²) in [5.41, 5.74) is 1.79. The molecule has 34 heavy (non-hydrogen) atoms. The highest BCUT2D eigenvalue weighted by Gasteiger charge is 2.24. The zero-order valence-corrected chi connectivity index (χ0v) is 19.4. The predicted molar refractivity (Wildman–Crippen MR) is 126 cm³/mol. The van der Waals surface area contributed by atoms with Crippen LogP contribution in [0.2, 0.25) is 0 Å². The molecule has 0 bridgehead atoms. The monoisotopic (exact) mass is 483 g/mol.